The topological polar surface area (TPSA) is 3.24 Å². The molecule has 0 aliphatic heterocycles. The van der Waals surface area contributed by atoms with E-state index in [0.29, 0.717) is 0 Å². The first-order chi connectivity index (χ1) is 6.67. The zero-order valence-corrected chi connectivity index (χ0v) is 10.2. The third-order valence-corrected chi connectivity index (χ3v) is 2.00. The van der Waals surface area contributed by atoms with Gasteiger partial charge >= 0.3 is 0 Å². The molecule has 1 aromatic carbocycles. The number of benzene rings is 1. The highest BCUT2D eigenvalue weighted by Gasteiger charge is 1.98. The molecular weight excluding hydrogens is 182 g/mol. The fourth-order valence-electron chi connectivity index (χ4n) is 1.16. The Morgan fingerprint density at radius 3 is 1.93 bits per heavy atom. The van der Waals surface area contributed by atoms with Crippen molar-refractivity contribution in [3.05, 3.63) is 29.8 Å². The lowest BCUT2D eigenvalue weighted by Crippen LogP contribution is -2.16. The van der Waals surface area contributed by atoms with Gasteiger partial charge in [-0.1, -0.05) is 45.9 Å². The molecule has 0 saturated carbocycles. The Kier molecular flexibility index (Phi) is 10.5. The Morgan fingerprint density at radius 1 is 1.07 bits per heavy atom. The van der Waals surface area contributed by atoms with Gasteiger partial charge in [-0.15, -0.1) is 0 Å². The van der Waals surface area contributed by atoms with Gasteiger partial charge in [-0.05, 0) is 25.5 Å². The van der Waals surface area contributed by atoms with Crippen LogP contribution in [0.25, 0.3) is 0 Å². The zero-order chi connectivity index (χ0) is 11.0. The van der Waals surface area contributed by atoms with E-state index in [1.165, 1.54) is 17.7 Å². The standard InChI is InChI=1S/C10H15N.C3H8.CH4/c1-4-11(3)10-8-6-5-7-9(10)2;1-3-2;/h5-8H,4H2,1-3H3;3H2,1-2H3;1H4. The van der Waals surface area contributed by atoms with Gasteiger partial charge in [-0.3, -0.25) is 0 Å². The average molecular weight is 209 g/mol. The van der Waals surface area contributed by atoms with Crippen LogP contribution in [0.2, 0.25) is 0 Å². The number of rotatable bonds is 2. The second-order valence-electron chi connectivity index (χ2n) is 3.51. The molecule has 0 amide bonds. The number of anilines is 1. The summed E-state index contributed by atoms with van der Waals surface area (Å²) in [6.45, 7) is 9.61. The minimum absolute atomic E-state index is 0. The third kappa shape index (κ3) is 6.16. The number of para-hydroxylation sites is 1. The minimum atomic E-state index is 0. The summed E-state index contributed by atoms with van der Waals surface area (Å²) in [6, 6.07) is 8.44. The van der Waals surface area contributed by atoms with Gasteiger partial charge < -0.3 is 4.90 Å². The van der Waals surface area contributed by atoms with Crippen molar-refractivity contribution in [1.29, 1.82) is 0 Å². The van der Waals surface area contributed by atoms with Crippen molar-refractivity contribution in [1.82, 2.24) is 0 Å². The van der Waals surface area contributed by atoms with E-state index >= 15 is 0 Å². The van der Waals surface area contributed by atoms with Crippen LogP contribution in [0.5, 0.6) is 0 Å². The fraction of sp³-hybridized carbons (Fsp3) is 0.571. The lowest BCUT2D eigenvalue weighted by Gasteiger charge is -2.18. The maximum Gasteiger partial charge on any atom is 0.0393 e. The van der Waals surface area contributed by atoms with Gasteiger partial charge in [0.05, 0.1) is 0 Å². The summed E-state index contributed by atoms with van der Waals surface area (Å²) in [5.41, 5.74) is 2.67. The summed E-state index contributed by atoms with van der Waals surface area (Å²) in [4.78, 5) is 2.25. The summed E-state index contributed by atoms with van der Waals surface area (Å²) in [5.74, 6) is 0. The first-order valence-corrected chi connectivity index (χ1v) is 5.44. The number of nitrogens with zero attached hydrogens (tertiary/aromatic N) is 1. The first-order valence-electron chi connectivity index (χ1n) is 5.44. The molecule has 1 nitrogen and oxygen atoms in total. The number of hydrogen-bond acceptors (Lipinski definition) is 1. The Morgan fingerprint density at radius 2 is 1.53 bits per heavy atom. The maximum absolute atomic E-state index is 2.25. The second-order valence-corrected chi connectivity index (χ2v) is 3.51. The smallest absolute Gasteiger partial charge is 0.0393 e. The summed E-state index contributed by atoms with van der Waals surface area (Å²) < 4.78 is 0. The molecule has 0 heterocycles. The van der Waals surface area contributed by atoms with Crippen LogP contribution in [0, 0.1) is 6.92 Å². The van der Waals surface area contributed by atoms with Crippen molar-refractivity contribution in [3.63, 3.8) is 0 Å². The second kappa shape index (κ2) is 9.57. The summed E-state index contributed by atoms with van der Waals surface area (Å²) >= 11 is 0. The monoisotopic (exact) mass is 209 g/mol. The molecule has 0 radical (unpaired) electrons. The Balaban J connectivity index is 0. The van der Waals surface area contributed by atoms with E-state index < -0.39 is 0 Å². The predicted molar refractivity (Wildman–Crippen MR) is 72.8 cm³/mol. The van der Waals surface area contributed by atoms with Crippen LogP contribution in [0.15, 0.2) is 24.3 Å². The van der Waals surface area contributed by atoms with E-state index in [0.717, 1.165) is 6.54 Å². The summed E-state index contributed by atoms with van der Waals surface area (Å²) in [5, 5.41) is 0. The summed E-state index contributed by atoms with van der Waals surface area (Å²) in [7, 11) is 2.11. The van der Waals surface area contributed by atoms with Crippen molar-refractivity contribution in [3.8, 4) is 0 Å². The molecule has 0 saturated heterocycles. The van der Waals surface area contributed by atoms with Crippen LogP contribution in [0.3, 0.4) is 0 Å². The van der Waals surface area contributed by atoms with Crippen LogP contribution >= 0.6 is 0 Å². The molecule has 0 spiro atoms. The van der Waals surface area contributed by atoms with Gasteiger partial charge in [-0.2, -0.15) is 0 Å². The molecule has 88 valence electrons. The molecule has 0 N–H and O–H groups in total. The molecule has 0 atom stereocenters. The van der Waals surface area contributed by atoms with Gasteiger partial charge in [0.15, 0.2) is 0 Å². The fourth-order valence-corrected chi connectivity index (χ4v) is 1.16. The van der Waals surface area contributed by atoms with Gasteiger partial charge in [0.1, 0.15) is 0 Å². The molecule has 0 bridgehead atoms. The van der Waals surface area contributed by atoms with Crippen molar-refractivity contribution < 1.29 is 0 Å². The lowest BCUT2D eigenvalue weighted by atomic mass is 10.2. The van der Waals surface area contributed by atoms with Gasteiger partial charge in [0.25, 0.3) is 0 Å². The Hall–Kier alpha value is -0.980. The number of hydrogen-bond donors (Lipinski definition) is 0. The van der Waals surface area contributed by atoms with Crippen LogP contribution in [-0.2, 0) is 0 Å². The van der Waals surface area contributed by atoms with E-state index in [9.17, 15) is 0 Å². The number of aryl methyl sites for hydroxylation is 1. The SMILES string of the molecule is C.CCC.CCN(C)c1ccccc1C. The van der Waals surface area contributed by atoms with Crippen LogP contribution < -0.4 is 4.90 Å². The van der Waals surface area contributed by atoms with Gasteiger partial charge in [0.2, 0.25) is 0 Å². The highest BCUT2D eigenvalue weighted by Crippen LogP contribution is 2.16. The molecule has 1 aromatic rings. The first kappa shape index (κ1) is 16.4. The van der Waals surface area contributed by atoms with Crippen molar-refractivity contribution in [2.45, 2.75) is 41.5 Å². The Labute approximate surface area is 96.1 Å². The molecule has 0 aliphatic carbocycles. The van der Waals surface area contributed by atoms with Crippen molar-refractivity contribution in [2.24, 2.45) is 0 Å². The predicted octanol–water partition coefficient (Wildman–Crippen LogP) is 4.50. The van der Waals surface area contributed by atoms with Crippen LogP contribution in [-0.4, -0.2) is 13.6 Å². The molecule has 1 heteroatoms. The molecule has 0 unspecified atom stereocenters. The minimum Gasteiger partial charge on any atom is -0.375 e. The van der Waals surface area contributed by atoms with Crippen LogP contribution in [0.4, 0.5) is 5.69 Å². The summed E-state index contributed by atoms with van der Waals surface area (Å²) in [6.07, 6.45) is 1.25. The lowest BCUT2D eigenvalue weighted by molar-refractivity contribution is 0.961. The molecule has 15 heavy (non-hydrogen) atoms. The average Bonchev–Trinajstić information content (AvgIpc) is 2.19. The van der Waals surface area contributed by atoms with Gasteiger partial charge in [-0.25, -0.2) is 0 Å². The van der Waals surface area contributed by atoms with Gasteiger partial charge in [0, 0.05) is 19.3 Å². The van der Waals surface area contributed by atoms with Crippen molar-refractivity contribution in [2.75, 3.05) is 18.5 Å². The normalized spacial score (nSPS) is 8.33. The quantitative estimate of drug-likeness (QED) is 0.693. The maximum atomic E-state index is 2.25. The van der Waals surface area contributed by atoms with Crippen LogP contribution in [0.1, 0.15) is 40.2 Å². The molecular formula is C14H27N. The largest absolute Gasteiger partial charge is 0.375 e. The van der Waals surface area contributed by atoms with E-state index in [1.807, 2.05) is 0 Å². The Bertz CT molecular complexity index is 243. The van der Waals surface area contributed by atoms with E-state index in [1.54, 1.807) is 0 Å². The van der Waals surface area contributed by atoms with Crippen molar-refractivity contribution >= 4 is 5.69 Å². The van der Waals surface area contributed by atoms with E-state index in [-0.39, 0.29) is 7.43 Å². The van der Waals surface area contributed by atoms with E-state index in [2.05, 4.69) is 63.9 Å². The van der Waals surface area contributed by atoms with E-state index in [4.69, 9.17) is 0 Å². The highest BCUT2D eigenvalue weighted by atomic mass is 15.1. The molecule has 0 fully saturated rings. The highest BCUT2D eigenvalue weighted by molar-refractivity contribution is 5.51. The molecule has 0 aromatic heterocycles. The third-order valence-electron chi connectivity index (χ3n) is 2.00. The molecule has 0 aliphatic rings. The molecule has 1 rings (SSSR count). The zero-order valence-electron chi connectivity index (χ0n) is 10.2.